The molecule has 0 aliphatic rings. The first-order valence-electron chi connectivity index (χ1n) is 11.3. The van der Waals surface area contributed by atoms with Gasteiger partial charge in [-0.15, -0.1) is 0 Å². The van der Waals surface area contributed by atoms with Crippen LogP contribution >= 0.6 is 0 Å². The molecule has 2 aromatic carbocycles. The molecule has 2 heterocycles. The van der Waals surface area contributed by atoms with Gasteiger partial charge in [-0.3, -0.25) is 9.59 Å². The summed E-state index contributed by atoms with van der Waals surface area (Å²) in [4.78, 5) is 41.9. The largest absolute Gasteiger partial charge is 0.416 e. The molecule has 2 atom stereocenters. The Morgan fingerprint density at radius 1 is 1.14 bits per heavy atom. The number of nitrogens with zero attached hydrogens (tertiary/aromatic N) is 2. The highest BCUT2D eigenvalue weighted by atomic mass is 19.4. The number of hydrogen-bond donors (Lipinski definition) is 4. The zero-order chi connectivity index (χ0) is 27.1. The van der Waals surface area contributed by atoms with E-state index in [9.17, 15) is 27.6 Å². The van der Waals surface area contributed by atoms with E-state index in [4.69, 9.17) is 11.6 Å². The molecule has 0 aliphatic carbocycles. The van der Waals surface area contributed by atoms with Crippen molar-refractivity contribution in [1.29, 1.82) is 0 Å². The number of imidazole rings is 1. The molecule has 6 N–H and O–H groups in total. The second-order valence-corrected chi connectivity index (χ2v) is 8.74. The first-order chi connectivity index (χ1) is 17.4. The van der Waals surface area contributed by atoms with Gasteiger partial charge in [0, 0.05) is 22.7 Å². The Morgan fingerprint density at radius 3 is 2.54 bits per heavy atom. The van der Waals surface area contributed by atoms with Crippen molar-refractivity contribution in [3.8, 4) is 11.3 Å². The molecule has 0 fully saturated rings. The SMILES string of the molecule is Cc1c(-c2cccc(C(F)(F)F)c2)n(C(=O)[C@H](C)NC(=O)[C@H](N)Cc2c[nH]c3ccccc23)c(=O)n1N. The number of H-pyrrole nitrogens is 1. The fourth-order valence-electron chi connectivity index (χ4n) is 4.21. The molecule has 0 spiro atoms. The van der Waals surface area contributed by atoms with Crippen molar-refractivity contribution < 1.29 is 22.8 Å². The number of rotatable bonds is 6. The monoisotopic (exact) mass is 514 g/mol. The number of hydrogen-bond acceptors (Lipinski definition) is 5. The van der Waals surface area contributed by atoms with E-state index in [0.29, 0.717) is 9.24 Å². The van der Waals surface area contributed by atoms with E-state index in [-0.39, 0.29) is 23.4 Å². The number of aromatic nitrogens is 3. The third-order valence-electron chi connectivity index (χ3n) is 6.19. The molecule has 0 saturated carbocycles. The van der Waals surface area contributed by atoms with Crippen LogP contribution in [-0.2, 0) is 17.4 Å². The van der Waals surface area contributed by atoms with Gasteiger partial charge in [-0.2, -0.15) is 13.2 Å². The predicted octanol–water partition coefficient (Wildman–Crippen LogP) is 2.55. The van der Waals surface area contributed by atoms with Crippen molar-refractivity contribution in [3.05, 3.63) is 82.0 Å². The topological polar surface area (TPSA) is 141 Å². The summed E-state index contributed by atoms with van der Waals surface area (Å²) < 4.78 is 41.1. The van der Waals surface area contributed by atoms with Crippen LogP contribution in [0.25, 0.3) is 22.2 Å². The summed E-state index contributed by atoms with van der Waals surface area (Å²) in [5.41, 5.74) is 5.82. The van der Waals surface area contributed by atoms with E-state index in [1.54, 1.807) is 6.20 Å². The Hall–Kier alpha value is -4.32. The third-order valence-corrected chi connectivity index (χ3v) is 6.19. The van der Waals surface area contributed by atoms with Crippen LogP contribution in [0.15, 0.2) is 59.5 Å². The summed E-state index contributed by atoms with van der Waals surface area (Å²) in [5, 5.41) is 3.40. The number of nitrogen functional groups attached to an aromatic ring is 1. The van der Waals surface area contributed by atoms with Gasteiger partial charge in [0.1, 0.15) is 6.04 Å². The Bertz CT molecular complexity index is 1550. The maximum atomic E-state index is 13.3. The number of nitrogens with one attached hydrogen (secondary N) is 2. The lowest BCUT2D eigenvalue weighted by atomic mass is 10.0. The van der Waals surface area contributed by atoms with Crippen LogP contribution in [0.2, 0.25) is 0 Å². The van der Waals surface area contributed by atoms with Gasteiger partial charge in [-0.25, -0.2) is 14.0 Å². The van der Waals surface area contributed by atoms with E-state index in [1.165, 1.54) is 26.0 Å². The summed E-state index contributed by atoms with van der Waals surface area (Å²) in [6.45, 7) is 2.76. The fourth-order valence-corrected chi connectivity index (χ4v) is 4.21. The van der Waals surface area contributed by atoms with Crippen LogP contribution in [0.3, 0.4) is 0 Å². The number of para-hydroxylation sites is 1. The van der Waals surface area contributed by atoms with Gasteiger partial charge in [0.25, 0.3) is 5.91 Å². The van der Waals surface area contributed by atoms with E-state index < -0.39 is 41.3 Å². The van der Waals surface area contributed by atoms with Crippen molar-refractivity contribution >= 4 is 22.7 Å². The lowest BCUT2D eigenvalue weighted by Gasteiger charge is -2.18. The quantitative estimate of drug-likeness (QED) is 0.293. The van der Waals surface area contributed by atoms with Crippen LogP contribution in [0.4, 0.5) is 13.2 Å². The molecule has 2 aromatic heterocycles. The number of carbonyl (C=O) groups excluding carboxylic acids is 2. The van der Waals surface area contributed by atoms with E-state index in [0.717, 1.165) is 28.6 Å². The summed E-state index contributed by atoms with van der Waals surface area (Å²) in [7, 11) is 0. The molecule has 37 heavy (non-hydrogen) atoms. The van der Waals surface area contributed by atoms with E-state index >= 15 is 0 Å². The number of fused-ring (bicyclic) bond motifs is 1. The Balaban J connectivity index is 1.58. The number of halogens is 3. The average Bonchev–Trinajstić information content (AvgIpc) is 3.36. The van der Waals surface area contributed by atoms with Gasteiger partial charge < -0.3 is 21.9 Å². The lowest BCUT2D eigenvalue weighted by molar-refractivity contribution is -0.137. The molecule has 0 aliphatic heterocycles. The number of benzene rings is 2. The molecule has 0 radical (unpaired) electrons. The Kier molecular flexibility index (Phi) is 6.70. The zero-order valence-corrected chi connectivity index (χ0v) is 20.0. The van der Waals surface area contributed by atoms with Gasteiger partial charge in [-0.05, 0) is 44.0 Å². The van der Waals surface area contributed by atoms with Crippen LogP contribution in [0, 0.1) is 6.92 Å². The van der Waals surface area contributed by atoms with Gasteiger partial charge in [-0.1, -0.05) is 30.3 Å². The van der Waals surface area contributed by atoms with Gasteiger partial charge in [0.05, 0.1) is 23.0 Å². The molecule has 1 amide bonds. The molecule has 0 bridgehead atoms. The maximum absolute atomic E-state index is 13.3. The van der Waals surface area contributed by atoms with E-state index in [1.807, 2.05) is 24.3 Å². The molecule has 4 rings (SSSR count). The van der Waals surface area contributed by atoms with Crippen molar-refractivity contribution in [1.82, 2.24) is 19.5 Å². The van der Waals surface area contributed by atoms with Crippen LogP contribution in [0.5, 0.6) is 0 Å². The van der Waals surface area contributed by atoms with Crippen molar-refractivity contribution in [2.75, 3.05) is 5.84 Å². The van der Waals surface area contributed by atoms with Crippen molar-refractivity contribution in [2.45, 2.75) is 38.5 Å². The van der Waals surface area contributed by atoms with Gasteiger partial charge in [0.15, 0.2) is 0 Å². The predicted molar refractivity (Wildman–Crippen MR) is 132 cm³/mol. The number of amides is 1. The van der Waals surface area contributed by atoms with E-state index in [2.05, 4.69) is 10.3 Å². The Morgan fingerprint density at radius 2 is 1.84 bits per heavy atom. The average molecular weight is 515 g/mol. The first kappa shape index (κ1) is 25.8. The van der Waals surface area contributed by atoms with Gasteiger partial charge >= 0.3 is 11.9 Å². The maximum Gasteiger partial charge on any atom is 0.416 e. The third kappa shape index (κ3) is 4.87. The highest BCUT2D eigenvalue weighted by molar-refractivity contribution is 5.93. The highest BCUT2D eigenvalue weighted by Gasteiger charge is 2.32. The highest BCUT2D eigenvalue weighted by Crippen LogP contribution is 2.33. The lowest BCUT2D eigenvalue weighted by Crippen LogP contribution is -2.50. The molecular formula is C25H25F3N6O3. The number of aromatic amines is 1. The second kappa shape index (κ2) is 9.62. The summed E-state index contributed by atoms with van der Waals surface area (Å²) in [6, 6.07) is 9.47. The molecule has 0 saturated heterocycles. The number of alkyl halides is 3. The summed E-state index contributed by atoms with van der Waals surface area (Å²) in [5.74, 6) is 4.26. The molecule has 9 nitrogen and oxygen atoms in total. The van der Waals surface area contributed by atoms with Gasteiger partial charge in [0.2, 0.25) is 5.91 Å². The second-order valence-electron chi connectivity index (χ2n) is 8.74. The molecule has 194 valence electrons. The molecular weight excluding hydrogens is 489 g/mol. The molecule has 0 unspecified atom stereocenters. The fraction of sp³-hybridized carbons (Fsp3) is 0.240. The summed E-state index contributed by atoms with van der Waals surface area (Å²) in [6.07, 6.45) is -2.70. The summed E-state index contributed by atoms with van der Waals surface area (Å²) >= 11 is 0. The smallest absolute Gasteiger partial charge is 0.361 e. The minimum absolute atomic E-state index is 0.0310. The first-order valence-corrected chi connectivity index (χ1v) is 11.3. The number of nitrogens with two attached hydrogens (primary N) is 2. The van der Waals surface area contributed by atoms with Crippen LogP contribution in [-0.4, -0.2) is 38.1 Å². The van der Waals surface area contributed by atoms with Crippen molar-refractivity contribution in [3.63, 3.8) is 0 Å². The molecule has 4 aromatic rings. The van der Waals surface area contributed by atoms with Crippen molar-refractivity contribution in [2.24, 2.45) is 5.73 Å². The normalized spacial score (nSPS) is 13.5. The Labute approximate surface area is 208 Å². The van der Waals surface area contributed by atoms with Crippen LogP contribution in [0.1, 0.15) is 28.5 Å². The number of carbonyl (C=O) groups is 2. The van der Waals surface area contributed by atoms with Crippen LogP contribution < -0.4 is 22.6 Å². The standard InChI is InChI=1S/C25H25F3N6O3/c1-13(32-22(35)19(29)11-16-12-31-20-9-4-3-8-18(16)20)23(36)33-21(14(2)34(30)24(33)37)15-6-5-7-17(10-15)25(26,27)28/h3-10,12-13,19,31H,11,29-30H2,1-2H3,(H,32,35)/t13-,19+/m0/s1. The minimum atomic E-state index is -4.63. The molecule has 12 heteroatoms. The zero-order valence-electron chi connectivity index (χ0n) is 20.0. The minimum Gasteiger partial charge on any atom is -0.361 e.